The highest BCUT2D eigenvalue weighted by molar-refractivity contribution is 6.09. The van der Waals surface area contributed by atoms with Gasteiger partial charge in [0, 0.05) is 38.4 Å². The summed E-state index contributed by atoms with van der Waals surface area (Å²) in [4.78, 5) is 19.2. The average molecular weight is 367 g/mol. The lowest BCUT2D eigenvalue weighted by atomic mass is 9.86. The highest BCUT2D eigenvalue weighted by Gasteiger charge is 2.45. The van der Waals surface area contributed by atoms with Gasteiger partial charge in [-0.05, 0) is 42.7 Å². The molecule has 1 aromatic rings. The first kappa shape index (κ1) is 18.1. The summed E-state index contributed by atoms with van der Waals surface area (Å²) >= 11 is 0. The predicted octanol–water partition coefficient (Wildman–Crippen LogP) is 2.48. The minimum absolute atomic E-state index is 0.0994. The fraction of sp³-hybridized carbons (Fsp3) is 0.571. The van der Waals surface area contributed by atoms with Crippen LogP contribution < -0.4 is 0 Å². The van der Waals surface area contributed by atoms with Crippen LogP contribution >= 0.6 is 0 Å². The van der Waals surface area contributed by atoms with Crippen LogP contribution in [0.4, 0.5) is 0 Å². The van der Waals surface area contributed by atoms with Gasteiger partial charge in [-0.25, -0.2) is 0 Å². The van der Waals surface area contributed by atoms with Crippen molar-refractivity contribution >= 4 is 11.5 Å². The zero-order chi connectivity index (χ0) is 18.9. The maximum atomic E-state index is 12.5. The molecule has 142 valence electrons. The molecule has 0 amide bonds. The molecule has 0 radical (unpaired) electrons. The number of fused-ring (bicyclic) bond motifs is 1. The number of Topliss-reactive ketones (excluding diaryl/α,β-unsaturated/α-hetero) is 1. The number of pyridine rings is 1. The number of rotatable bonds is 6. The van der Waals surface area contributed by atoms with Gasteiger partial charge in [-0.2, -0.15) is 5.26 Å². The number of methoxy groups -OCH3 is 1. The molecule has 0 unspecified atom stereocenters. The van der Waals surface area contributed by atoms with Crippen LogP contribution in [0.25, 0.3) is 5.70 Å². The third-order valence-corrected chi connectivity index (χ3v) is 6.06. The third-order valence-electron chi connectivity index (χ3n) is 6.06. The van der Waals surface area contributed by atoms with Gasteiger partial charge in [0.25, 0.3) is 0 Å². The molecule has 4 rings (SSSR count). The molecule has 6 heteroatoms. The van der Waals surface area contributed by atoms with E-state index in [0.717, 1.165) is 48.4 Å². The molecule has 0 bridgehead atoms. The number of nitriles is 1. The number of nitrogens with zero attached hydrogens (tertiary/aromatic N) is 3. The Labute approximate surface area is 159 Å². The van der Waals surface area contributed by atoms with E-state index in [1.165, 1.54) is 12.8 Å². The van der Waals surface area contributed by atoms with Gasteiger partial charge in [0.15, 0.2) is 5.78 Å². The van der Waals surface area contributed by atoms with Crippen LogP contribution in [-0.4, -0.2) is 49.1 Å². The van der Waals surface area contributed by atoms with Crippen molar-refractivity contribution < 1.29 is 14.3 Å². The van der Waals surface area contributed by atoms with Crippen molar-refractivity contribution in [3.05, 3.63) is 34.7 Å². The van der Waals surface area contributed by atoms with E-state index in [4.69, 9.17) is 9.47 Å². The zero-order valence-corrected chi connectivity index (χ0v) is 15.8. The van der Waals surface area contributed by atoms with Crippen molar-refractivity contribution in [1.82, 2.24) is 9.88 Å². The quantitative estimate of drug-likeness (QED) is 0.719. The Kier molecular flexibility index (Phi) is 4.98. The first-order chi connectivity index (χ1) is 13.2. The molecule has 1 saturated carbocycles. The molecular weight excluding hydrogens is 342 g/mol. The summed E-state index contributed by atoms with van der Waals surface area (Å²) in [6, 6.07) is 4.17. The monoisotopic (exact) mass is 367 g/mol. The van der Waals surface area contributed by atoms with Gasteiger partial charge < -0.3 is 14.4 Å². The predicted molar refractivity (Wildman–Crippen MR) is 99.5 cm³/mol. The van der Waals surface area contributed by atoms with Crippen molar-refractivity contribution in [2.75, 3.05) is 33.4 Å². The maximum absolute atomic E-state index is 12.5. The number of hydrogen-bond donors (Lipinski definition) is 0. The number of likely N-dealkylation sites (tertiary alicyclic amines) is 1. The maximum Gasteiger partial charge on any atom is 0.179 e. The second-order valence-electron chi connectivity index (χ2n) is 7.80. The third kappa shape index (κ3) is 3.62. The van der Waals surface area contributed by atoms with Crippen LogP contribution in [0.5, 0.6) is 0 Å². The summed E-state index contributed by atoms with van der Waals surface area (Å²) in [5.41, 5.74) is 4.33. The second-order valence-corrected chi connectivity index (χ2v) is 7.80. The lowest BCUT2D eigenvalue weighted by Gasteiger charge is -2.37. The van der Waals surface area contributed by atoms with Gasteiger partial charge in [-0.3, -0.25) is 9.78 Å². The highest BCUT2D eigenvalue weighted by atomic mass is 16.5. The minimum Gasteiger partial charge on any atom is -0.382 e. The van der Waals surface area contributed by atoms with E-state index in [2.05, 4.69) is 16.0 Å². The van der Waals surface area contributed by atoms with Gasteiger partial charge >= 0.3 is 0 Å². The minimum atomic E-state index is -0.0994. The summed E-state index contributed by atoms with van der Waals surface area (Å²) in [5.74, 6) is -0.0994. The molecule has 0 N–H and O–H groups in total. The van der Waals surface area contributed by atoms with Gasteiger partial charge in [0.1, 0.15) is 11.6 Å². The van der Waals surface area contributed by atoms with Crippen LogP contribution in [0.3, 0.4) is 0 Å². The van der Waals surface area contributed by atoms with Crippen molar-refractivity contribution in [3.63, 3.8) is 0 Å². The molecule has 1 spiro atoms. The van der Waals surface area contributed by atoms with Gasteiger partial charge in [-0.15, -0.1) is 0 Å². The number of ether oxygens (including phenoxy) is 2. The summed E-state index contributed by atoms with van der Waals surface area (Å²) in [5, 5.41) is 9.66. The van der Waals surface area contributed by atoms with Crippen molar-refractivity contribution in [2.45, 2.75) is 38.7 Å². The molecule has 2 fully saturated rings. The van der Waals surface area contributed by atoms with E-state index in [1.807, 2.05) is 6.07 Å². The molecule has 6 nitrogen and oxygen atoms in total. The van der Waals surface area contributed by atoms with Crippen molar-refractivity contribution in [2.24, 2.45) is 5.41 Å². The number of allylic oxidation sites excluding steroid dienone is 1. The molecule has 1 aromatic heterocycles. The summed E-state index contributed by atoms with van der Waals surface area (Å²) in [6.07, 6.45) is 6.97. The molecular formula is C21H25N3O3. The van der Waals surface area contributed by atoms with E-state index < -0.39 is 0 Å². The first-order valence-electron chi connectivity index (χ1n) is 9.63. The fourth-order valence-corrected chi connectivity index (χ4v) is 4.14. The van der Waals surface area contributed by atoms with Crippen molar-refractivity contribution in [1.29, 1.82) is 5.26 Å². The van der Waals surface area contributed by atoms with Crippen LogP contribution in [0.2, 0.25) is 0 Å². The Morgan fingerprint density at radius 1 is 1.26 bits per heavy atom. The van der Waals surface area contributed by atoms with E-state index in [9.17, 15) is 10.1 Å². The van der Waals surface area contributed by atoms with Crippen LogP contribution in [0.1, 0.15) is 42.5 Å². The molecule has 1 aliphatic heterocycles. The number of carbonyl (C=O) groups excluding carboxylic acids is 1. The van der Waals surface area contributed by atoms with Gasteiger partial charge in [-0.1, -0.05) is 0 Å². The Morgan fingerprint density at radius 2 is 2.04 bits per heavy atom. The molecule has 0 atom stereocenters. The Bertz CT molecular complexity index is 810. The molecule has 2 heterocycles. The van der Waals surface area contributed by atoms with Crippen LogP contribution in [-0.2, 0) is 27.3 Å². The summed E-state index contributed by atoms with van der Waals surface area (Å²) < 4.78 is 10.6. The topological polar surface area (TPSA) is 75.5 Å². The van der Waals surface area contributed by atoms with Gasteiger partial charge in [0.05, 0.1) is 31.2 Å². The highest BCUT2D eigenvalue weighted by Crippen LogP contribution is 2.54. The SMILES string of the molecule is COCCOCc1cc2c(cn1)CC(=O)C(C#N)=C2N1CCC2(CC1)CC2. The molecule has 3 aliphatic rings. The molecule has 27 heavy (non-hydrogen) atoms. The van der Waals surface area contributed by atoms with Crippen LogP contribution in [0.15, 0.2) is 17.8 Å². The number of hydrogen-bond acceptors (Lipinski definition) is 6. The summed E-state index contributed by atoms with van der Waals surface area (Å²) in [7, 11) is 1.64. The van der Waals surface area contributed by atoms with Gasteiger partial charge in [0.2, 0.25) is 0 Å². The van der Waals surface area contributed by atoms with E-state index >= 15 is 0 Å². The van der Waals surface area contributed by atoms with Crippen molar-refractivity contribution in [3.8, 4) is 6.07 Å². The Hall–Kier alpha value is -2.23. The first-order valence-corrected chi connectivity index (χ1v) is 9.63. The Balaban J connectivity index is 1.61. The molecule has 0 aromatic carbocycles. The van der Waals surface area contributed by atoms with Crippen LogP contribution in [0, 0.1) is 16.7 Å². The molecule has 2 aliphatic carbocycles. The average Bonchev–Trinajstić information content (AvgIpc) is 3.44. The standard InChI is InChI=1S/C21H25N3O3/c1-26-8-9-27-14-16-11-17-15(13-23-16)10-19(25)18(12-22)20(17)24-6-4-21(2-3-21)5-7-24/h11,13H,2-10,14H2,1H3. The molecule has 1 saturated heterocycles. The number of aromatic nitrogens is 1. The van der Waals surface area contributed by atoms with E-state index in [0.29, 0.717) is 30.8 Å². The smallest absolute Gasteiger partial charge is 0.179 e. The lowest BCUT2D eigenvalue weighted by Crippen LogP contribution is -2.36. The van der Waals surface area contributed by atoms with E-state index in [1.54, 1.807) is 13.3 Å². The zero-order valence-electron chi connectivity index (χ0n) is 15.8. The summed E-state index contributed by atoms with van der Waals surface area (Å²) in [6.45, 7) is 3.26. The second kappa shape index (κ2) is 7.41. The number of carbonyl (C=O) groups is 1. The fourth-order valence-electron chi connectivity index (χ4n) is 4.14. The van der Waals surface area contributed by atoms with E-state index in [-0.39, 0.29) is 12.2 Å². The lowest BCUT2D eigenvalue weighted by molar-refractivity contribution is -0.114. The number of piperidine rings is 1. The normalized spacial score (nSPS) is 20.6. The largest absolute Gasteiger partial charge is 0.382 e. The Morgan fingerprint density at radius 3 is 2.70 bits per heavy atom. The number of ketones is 1.